The summed E-state index contributed by atoms with van der Waals surface area (Å²) in [6, 6.07) is 11.2. The van der Waals surface area contributed by atoms with Gasteiger partial charge in [0.2, 0.25) is 24.3 Å². The van der Waals surface area contributed by atoms with Crippen LogP contribution in [0.2, 0.25) is 0 Å². The first kappa shape index (κ1) is 20.3. The van der Waals surface area contributed by atoms with Crippen LogP contribution >= 0.6 is 0 Å². The van der Waals surface area contributed by atoms with Gasteiger partial charge >= 0.3 is 11.9 Å². The molecule has 1 aliphatic heterocycles. The van der Waals surface area contributed by atoms with Crippen LogP contribution < -0.4 is 10.5 Å². The zero-order valence-corrected chi connectivity index (χ0v) is 17.1. The van der Waals surface area contributed by atoms with Crippen molar-refractivity contribution in [1.82, 2.24) is 14.1 Å². The second kappa shape index (κ2) is 7.71. The monoisotopic (exact) mass is 424 g/mol. The van der Waals surface area contributed by atoms with Gasteiger partial charge in [0.25, 0.3) is 5.56 Å². The van der Waals surface area contributed by atoms with E-state index in [-0.39, 0.29) is 11.5 Å². The van der Waals surface area contributed by atoms with Crippen molar-refractivity contribution in [2.24, 2.45) is 0 Å². The average Bonchev–Trinajstić information content (AvgIpc) is 3.22. The fourth-order valence-electron chi connectivity index (χ4n) is 3.71. The molecular weight excluding hydrogens is 404 g/mol. The van der Waals surface area contributed by atoms with Crippen molar-refractivity contribution in [3.63, 3.8) is 0 Å². The summed E-state index contributed by atoms with van der Waals surface area (Å²) in [6.07, 6.45) is -0.970. The highest BCUT2D eigenvalue weighted by molar-refractivity contribution is 5.92. The van der Waals surface area contributed by atoms with Crippen LogP contribution in [0.1, 0.15) is 32.6 Å². The van der Waals surface area contributed by atoms with E-state index in [9.17, 15) is 19.2 Å². The maximum atomic E-state index is 13.5. The molecule has 10 heteroatoms. The maximum Gasteiger partial charge on any atom is 0.304 e. The molecule has 31 heavy (non-hydrogen) atoms. The molecule has 3 heterocycles. The summed E-state index contributed by atoms with van der Waals surface area (Å²) in [7, 11) is 0. The summed E-state index contributed by atoms with van der Waals surface area (Å²) < 4.78 is 13.4. The molecule has 160 valence electrons. The van der Waals surface area contributed by atoms with Crippen molar-refractivity contribution in [1.29, 1.82) is 0 Å². The van der Waals surface area contributed by atoms with Gasteiger partial charge in [-0.05, 0) is 11.6 Å². The smallest absolute Gasteiger partial charge is 0.304 e. The van der Waals surface area contributed by atoms with Crippen molar-refractivity contribution in [2.75, 3.05) is 4.90 Å². The Hall–Kier alpha value is -3.95. The Balaban J connectivity index is 1.91. The van der Waals surface area contributed by atoms with E-state index in [1.165, 1.54) is 6.92 Å². The molecule has 0 radical (unpaired) electrons. The first-order valence-electron chi connectivity index (χ1n) is 9.57. The van der Waals surface area contributed by atoms with Gasteiger partial charge in [-0.15, -0.1) is 0 Å². The van der Waals surface area contributed by atoms with E-state index in [0.717, 1.165) is 28.9 Å². The lowest BCUT2D eigenvalue weighted by Gasteiger charge is -2.24. The molecule has 0 bridgehead atoms. The molecule has 0 N–H and O–H groups in total. The van der Waals surface area contributed by atoms with Gasteiger partial charge in [0.1, 0.15) is 5.52 Å². The zero-order chi connectivity index (χ0) is 22.3. The van der Waals surface area contributed by atoms with Gasteiger partial charge in [0.05, 0.1) is 5.52 Å². The number of hydrogen-bond acceptors (Lipinski definition) is 7. The molecule has 4 rings (SSSR count). The van der Waals surface area contributed by atoms with Crippen LogP contribution in [-0.2, 0) is 30.4 Å². The Morgan fingerprint density at radius 3 is 2.23 bits per heavy atom. The first-order chi connectivity index (χ1) is 14.8. The molecule has 2 aromatic heterocycles. The quantitative estimate of drug-likeness (QED) is 0.584. The van der Waals surface area contributed by atoms with Gasteiger partial charge in [-0.3, -0.25) is 19.2 Å². The summed E-state index contributed by atoms with van der Waals surface area (Å²) in [4.78, 5) is 54.8. The number of amides is 1. The highest BCUT2D eigenvalue weighted by atomic mass is 16.6. The average molecular weight is 424 g/mol. The van der Waals surface area contributed by atoms with Gasteiger partial charge in [0.15, 0.2) is 0 Å². The predicted octanol–water partition coefficient (Wildman–Crippen LogP) is 1.56. The molecule has 1 amide bonds. The van der Waals surface area contributed by atoms with E-state index >= 15 is 0 Å². The topological polar surface area (TPSA) is 113 Å². The minimum absolute atomic E-state index is 0.0556. The largest absolute Gasteiger partial charge is 0.435 e. The lowest BCUT2D eigenvalue weighted by atomic mass is 10.2. The number of benzene rings is 1. The van der Waals surface area contributed by atoms with E-state index in [4.69, 9.17) is 9.47 Å². The zero-order valence-electron chi connectivity index (χ0n) is 17.1. The van der Waals surface area contributed by atoms with Crippen molar-refractivity contribution >= 4 is 34.8 Å². The van der Waals surface area contributed by atoms with Crippen LogP contribution in [-0.4, -0.2) is 38.2 Å². The minimum atomic E-state index is -1.36. The van der Waals surface area contributed by atoms with E-state index in [1.54, 1.807) is 16.8 Å². The molecule has 0 aliphatic carbocycles. The van der Waals surface area contributed by atoms with E-state index < -0.39 is 35.9 Å². The van der Waals surface area contributed by atoms with Crippen LogP contribution in [0.25, 0.3) is 11.0 Å². The molecule has 0 fully saturated rings. The lowest BCUT2D eigenvalue weighted by molar-refractivity contribution is -0.171. The summed E-state index contributed by atoms with van der Waals surface area (Å²) in [5, 5.41) is 0. The number of ether oxygens (including phenoxy) is 2. The van der Waals surface area contributed by atoms with Crippen LogP contribution in [0.3, 0.4) is 0 Å². The Kier molecular flexibility index (Phi) is 5.05. The van der Waals surface area contributed by atoms with Crippen LogP contribution in [0.15, 0.2) is 47.4 Å². The van der Waals surface area contributed by atoms with Crippen molar-refractivity contribution in [3.8, 4) is 0 Å². The standard InChI is InChI=1S/C21H20N4O6/c1-12(26)24-19(30-13(2)27)20(31-14(3)28)25-18(29)17-16(22-21(24)25)9-10-23(17)11-15-7-5-4-6-8-15/h4-10,19-20H,11H2,1-3H3. The first-order valence-corrected chi connectivity index (χ1v) is 9.57. The number of fused-ring (bicyclic) bond motifs is 2. The number of rotatable bonds is 4. The van der Waals surface area contributed by atoms with Gasteiger partial charge in [-0.25, -0.2) is 14.5 Å². The van der Waals surface area contributed by atoms with Gasteiger partial charge in [-0.2, -0.15) is 0 Å². The molecule has 0 saturated heterocycles. The van der Waals surface area contributed by atoms with E-state index in [0.29, 0.717) is 12.1 Å². The number of hydrogen-bond donors (Lipinski definition) is 0. The second-order valence-electron chi connectivity index (χ2n) is 7.14. The predicted molar refractivity (Wildman–Crippen MR) is 109 cm³/mol. The summed E-state index contributed by atoms with van der Waals surface area (Å²) in [6.45, 7) is 3.99. The second-order valence-corrected chi connectivity index (χ2v) is 7.14. The highest BCUT2D eigenvalue weighted by Crippen LogP contribution is 2.34. The Labute approximate surface area is 176 Å². The number of carbonyl (C=O) groups is 3. The van der Waals surface area contributed by atoms with Crippen LogP contribution in [0.4, 0.5) is 5.95 Å². The highest BCUT2D eigenvalue weighted by Gasteiger charge is 2.47. The summed E-state index contributed by atoms with van der Waals surface area (Å²) in [5.74, 6) is -1.98. The number of carbonyl (C=O) groups excluding carboxylic acids is 3. The summed E-state index contributed by atoms with van der Waals surface area (Å²) >= 11 is 0. The van der Waals surface area contributed by atoms with Crippen LogP contribution in [0, 0.1) is 0 Å². The van der Waals surface area contributed by atoms with Crippen LogP contribution in [0.5, 0.6) is 0 Å². The van der Waals surface area contributed by atoms with E-state index in [1.807, 2.05) is 30.3 Å². The third-order valence-corrected chi connectivity index (χ3v) is 4.88. The van der Waals surface area contributed by atoms with Gasteiger partial charge < -0.3 is 14.0 Å². The molecule has 2 unspecified atom stereocenters. The minimum Gasteiger partial charge on any atom is -0.435 e. The Morgan fingerprint density at radius 2 is 1.61 bits per heavy atom. The fourth-order valence-corrected chi connectivity index (χ4v) is 3.71. The van der Waals surface area contributed by atoms with E-state index in [2.05, 4.69) is 4.98 Å². The molecule has 2 atom stereocenters. The third kappa shape index (κ3) is 3.56. The van der Waals surface area contributed by atoms with Crippen molar-refractivity contribution in [2.45, 2.75) is 39.8 Å². The molecule has 0 spiro atoms. The number of anilines is 1. The lowest BCUT2D eigenvalue weighted by Crippen LogP contribution is -2.42. The van der Waals surface area contributed by atoms with Gasteiger partial charge in [0, 0.05) is 33.5 Å². The van der Waals surface area contributed by atoms with Gasteiger partial charge in [-0.1, -0.05) is 30.3 Å². The molecule has 1 aliphatic rings. The number of aromatic nitrogens is 3. The fraction of sp³-hybridized carbons (Fsp3) is 0.286. The normalized spacial score (nSPS) is 17.5. The molecule has 0 saturated carbocycles. The maximum absolute atomic E-state index is 13.5. The number of nitrogens with zero attached hydrogens (tertiary/aromatic N) is 4. The third-order valence-electron chi connectivity index (χ3n) is 4.88. The summed E-state index contributed by atoms with van der Waals surface area (Å²) in [5.41, 5.74) is 1.10. The molecular formula is C21H20N4O6. The SMILES string of the molecule is CC(=O)OC1C(OC(C)=O)n2c(nc3ccn(Cc4ccccc4)c3c2=O)N1C(C)=O. The Morgan fingerprint density at radius 1 is 0.968 bits per heavy atom. The Bertz CT molecular complexity index is 1250. The molecule has 10 nitrogen and oxygen atoms in total. The number of esters is 2. The molecule has 1 aromatic carbocycles. The van der Waals surface area contributed by atoms with Crippen molar-refractivity contribution in [3.05, 3.63) is 58.5 Å². The van der Waals surface area contributed by atoms with Crippen molar-refractivity contribution < 1.29 is 23.9 Å². The molecule has 3 aromatic rings.